The molecule has 14 heavy (non-hydrogen) atoms. The van der Waals surface area contributed by atoms with Gasteiger partial charge in [0.05, 0.1) is 0 Å². The minimum Gasteiger partial charge on any atom is -0.480 e. The molecule has 1 rings (SSSR count). The summed E-state index contributed by atoms with van der Waals surface area (Å²) in [6.07, 6.45) is 4.24. The largest absolute Gasteiger partial charge is 0.480 e. The number of amides is 1. The van der Waals surface area contributed by atoms with Gasteiger partial charge in [-0.3, -0.25) is 4.79 Å². The Morgan fingerprint density at radius 2 is 2.07 bits per heavy atom. The summed E-state index contributed by atoms with van der Waals surface area (Å²) in [6.45, 7) is 2.00. The highest BCUT2D eigenvalue weighted by Crippen LogP contribution is 2.32. The van der Waals surface area contributed by atoms with Crippen LogP contribution in [-0.2, 0) is 9.59 Å². The van der Waals surface area contributed by atoms with E-state index in [-0.39, 0.29) is 5.91 Å². The number of carbonyl (C=O) groups is 2. The molecule has 1 saturated carbocycles. The Balaban J connectivity index is 2.41. The molecule has 0 unspecified atom stereocenters. The third-order valence-corrected chi connectivity index (χ3v) is 2.75. The number of nitrogens with one attached hydrogen (secondary N) is 1. The summed E-state index contributed by atoms with van der Waals surface area (Å²) in [4.78, 5) is 22.2. The van der Waals surface area contributed by atoms with Crippen molar-refractivity contribution in [2.24, 2.45) is 0 Å². The third-order valence-electron chi connectivity index (χ3n) is 2.75. The van der Waals surface area contributed by atoms with Crippen molar-refractivity contribution < 1.29 is 14.7 Å². The van der Waals surface area contributed by atoms with Crippen LogP contribution in [0.3, 0.4) is 0 Å². The number of hydrogen-bond acceptors (Lipinski definition) is 2. The van der Waals surface area contributed by atoms with Gasteiger partial charge in [-0.15, -0.1) is 0 Å². The van der Waals surface area contributed by atoms with Gasteiger partial charge in [-0.05, 0) is 25.7 Å². The maximum absolute atomic E-state index is 11.3. The number of carboxylic acid groups (broad SMARTS) is 1. The predicted octanol–water partition coefficient (Wildman–Crippen LogP) is 1.30. The highest BCUT2D eigenvalue weighted by atomic mass is 16.4. The van der Waals surface area contributed by atoms with Crippen LogP contribution < -0.4 is 5.32 Å². The molecule has 0 radical (unpaired) electrons. The minimum absolute atomic E-state index is 0.131. The molecule has 0 aliphatic heterocycles. The van der Waals surface area contributed by atoms with Gasteiger partial charge in [0.1, 0.15) is 5.54 Å². The lowest BCUT2D eigenvalue weighted by atomic mass is 9.76. The molecule has 0 atom stereocenters. The molecule has 4 nitrogen and oxygen atoms in total. The van der Waals surface area contributed by atoms with Crippen LogP contribution in [0.25, 0.3) is 0 Å². The first-order valence-corrected chi connectivity index (χ1v) is 5.15. The van der Waals surface area contributed by atoms with Crippen LogP contribution in [0.5, 0.6) is 0 Å². The Kier molecular flexibility index (Phi) is 3.49. The minimum atomic E-state index is -0.940. The molecule has 1 aliphatic carbocycles. The molecule has 0 spiro atoms. The Morgan fingerprint density at radius 1 is 1.43 bits per heavy atom. The van der Waals surface area contributed by atoms with Crippen molar-refractivity contribution in [1.82, 2.24) is 5.32 Å². The molecule has 0 aromatic rings. The summed E-state index contributed by atoms with van der Waals surface area (Å²) in [6, 6.07) is 0. The molecule has 0 saturated heterocycles. The van der Waals surface area contributed by atoms with Crippen molar-refractivity contribution in [2.45, 2.75) is 51.0 Å². The van der Waals surface area contributed by atoms with Gasteiger partial charge in [0, 0.05) is 6.42 Å². The third kappa shape index (κ3) is 2.25. The van der Waals surface area contributed by atoms with Gasteiger partial charge < -0.3 is 10.4 Å². The average Bonchev–Trinajstić information content (AvgIpc) is 2.07. The Bertz CT molecular complexity index is 234. The zero-order valence-corrected chi connectivity index (χ0v) is 8.51. The van der Waals surface area contributed by atoms with Crippen LogP contribution in [0.15, 0.2) is 0 Å². The molecule has 4 heteroatoms. The van der Waals surface area contributed by atoms with E-state index in [0.29, 0.717) is 19.3 Å². The molecule has 80 valence electrons. The Hall–Kier alpha value is -1.06. The topological polar surface area (TPSA) is 66.4 Å². The molecule has 1 amide bonds. The van der Waals surface area contributed by atoms with Crippen molar-refractivity contribution in [3.05, 3.63) is 0 Å². The molecule has 0 aromatic heterocycles. The number of hydrogen-bond donors (Lipinski definition) is 2. The fourth-order valence-corrected chi connectivity index (χ4v) is 1.59. The van der Waals surface area contributed by atoms with Crippen LogP contribution >= 0.6 is 0 Å². The van der Waals surface area contributed by atoms with E-state index in [4.69, 9.17) is 5.11 Å². The van der Waals surface area contributed by atoms with Crippen molar-refractivity contribution in [3.8, 4) is 0 Å². The Labute approximate surface area is 83.7 Å². The van der Waals surface area contributed by atoms with Crippen molar-refractivity contribution in [1.29, 1.82) is 0 Å². The van der Waals surface area contributed by atoms with Crippen molar-refractivity contribution >= 4 is 11.9 Å². The molecule has 2 N–H and O–H groups in total. The monoisotopic (exact) mass is 199 g/mol. The zero-order valence-electron chi connectivity index (χ0n) is 8.51. The van der Waals surface area contributed by atoms with Gasteiger partial charge in [0.15, 0.2) is 0 Å². The average molecular weight is 199 g/mol. The molecule has 1 aliphatic rings. The standard InChI is InChI=1S/C10H17NO3/c1-2-3-5-8(12)11-10(9(13)14)6-4-7-10/h2-7H2,1H3,(H,11,12)(H,13,14). The molecule has 0 bridgehead atoms. The smallest absolute Gasteiger partial charge is 0.329 e. The summed E-state index contributed by atoms with van der Waals surface area (Å²) >= 11 is 0. The predicted molar refractivity (Wildman–Crippen MR) is 51.9 cm³/mol. The second kappa shape index (κ2) is 4.44. The van der Waals surface area contributed by atoms with Gasteiger partial charge in [-0.25, -0.2) is 4.79 Å². The SMILES string of the molecule is CCCCC(=O)NC1(C(=O)O)CCC1. The number of unbranched alkanes of at least 4 members (excludes halogenated alkanes) is 1. The molecule has 1 fully saturated rings. The second-order valence-corrected chi connectivity index (χ2v) is 3.89. The van der Waals surface area contributed by atoms with Crippen LogP contribution in [0, 0.1) is 0 Å². The lowest BCUT2D eigenvalue weighted by Gasteiger charge is -2.38. The van der Waals surface area contributed by atoms with Crippen LogP contribution in [0.1, 0.15) is 45.4 Å². The maximum atomic E-state index is 11.3. The van der Waals surface area contributed by atoms with E-state index in [1.54, 1.807) is 0 Å². The van der Waals surface area contributed by atoms with Crippen LogP contribution in [0.4, 0.5) is 0 Å². The van der Waals surface area contributed by atoms with E-state index >= 15 is 0 Å². The van der Waals surface area contributed by atoms with E-state index in [9.17, 15) is 9.59 Å². The van der Waals surface area contributed by atoms with E-state index < -0.39 is 11.5 Å². The van der Waals surface area contributed by atoms with Crippen molar-refractivity contribution in [3.63, 3.8) is 0 Å². The second-order valence-electron chi connectivity index (χ2n) is 3.89. The quantitative estimate of drug-likeness (QED) is 0.701. The first kappa shape index (κ1) is 11.0. The summed E-state index contributed by atoms with van der Waals surface area (Å²) in [5.41, 5.74) is -0.940. The highest BCUT2D eigenvalue weighted by Gasteiger charge is 2.45. The zero-order chi connectivity index (χ0) is 10.6. The van der Waals surface area contributed by atoms with Gasteiger partial charge in [0.2, 0.25) is 5.91 Å². The van der Waals surface area contributed by atoms with Gasteiger partial charge in [0.25, 0.3) is 0 Å². The summed E-state index contributed by atoms with van der Waals surface area (Å²) in [5.74, 6) is -1.03. The number of rotatable bonds is 5. The van der Waals surface area contributed by atoms with E-state index in [1.165, 1.54) is 0 Å². The summed E-state index contributed by atoms with van der Waals surface area (Å²) in [5, 5.41) is 11.6. The fourth-order valence-electron chi connectivity index (χ4n) is 1.59. The van der Waals surface area contributed by atoms with E-state index in [1.807, 2.05) is 6.92 Å². The highest BCUT2D eigenvalue weighted by molar-refractivity contribution is 5.87. The van der Waals surface area contributed by atoms with Crippen LogP contribution in [0.2, 0.25) is 0 Å². The number of carbonyl (C=O) groups excluding carboxylic acids is 1. The van der Waals surface area contributed by atoms with Gasteiger partial charge >= 0.3 is 5.97 Å². The lowest BCUT2D eigenvalue weighted by Crippen LogP contribution is -2.59. The number of aliphatic carboxylic acids is 1. The van der Waals surface area contributed by atoms with Crippen molar-refractivity contribution in [2.75, 3.05) is 0 Å². The maximum Gasteiger partial charge on any atom is 0.329 e. The van der Waals surface area contributed by atoms with E-state index in [2.05, 4.69) is 5.32 Å². The lowest BCUT2D eigenvalue weighted by molar-refractivity contribution is -0.151. The van der Waals surface area contributed by atoms with Crippen LogP contribution in [-0.4, -0.2) is 22.5 Å². The fraction of sp³-hybridized carbons (Fsp3) is 0.800. The summed E-state index contributed by atoms with van der Waals surface area (Å²) in [7, 11) is 0. The first-order chi connectivity index (χ1) is 6.60. The van der Waals surface area contributed by atoms with Gasteiger partial charge in [-0.2, -0.15) is 0 Å². The normalized spacial score (nSPS) is 18.4. The molecular weight excluding hydrogens is 182 g/mol. The first-order valence-electron chi connectivity index (χ1n) is 5.15. The van der Waals surface area contributed by atoms with E-state index in [0.717, 1.165) is 19.3 Å². The molecular formula is C10H17NO3. The Morgan fingerprint density at radius 3 is 2.43 bits per heavy atom. The van der Waals surface area contributed by atoms with Gasteiger partial charge in [-0.1, -0.05) is 13.3 Å². The molecule has 0 heterocycles. The summed E-state index contributed by atoms with van der Waals surface area (Å²) < 4.78 is 0. The molecule has 0 aromatic carbocycles. The number of carboxylic acids is 1.